The van der Waals surface area contributed by atoms with Crippen molar-refractivity contribution in [3.8, 4) is 0 Å². The van der Waals surface area contributed by atoms with E-state index in [1.54, 1.807) is 20.1 Å². The molecule has 0 bridgehead atoms. The van der Waals surface area contributed by atoms with Crippen LogP contribution >= 0.6 is 0 Å². The molecule has 0 aromatic heterocycles. The number of nitrogens with zero attached hydrogens (tertiary/aromatic N) is 1. The topological polar surface area (TPSA) is 77.1 Å². The van der Waals surface area contributed by atoms with Crippen molar-refractivity contribution in [3.05, 3.63) is 11.7 Å². The van der Waals surface area contributed by atoms with E-state index in [2.05, 4.69) is 4.99 Å². The van der Waals surface area contributed by atoms with Crippen LogP contribution in [0.2, 0.25) is 0 Å². The second kappa shape index (κ2) is 5.27. The molecular weight excluding hydrogens is 243 g/mol. The molecule has 1 rings (SSSR count). The lowest BCUT2D eigenvalue weighted by Gasteiger charge is -2.32. The van der Waals surface area contributed by atoms with E-state index < -0.39 is 23.9 Å². The molecule has 0 aliphatic carbocycles. The van der Waals surface area contributed by atoms with Gasteiger partial charge in [-0.15, -0.1) is 0 Å². The van der Waals surface area contributed by atoms with Crippen molar-refractivity contribution in [2.45, 2.75) is 58.3 Å². The molecule has 1 fully saturated rings. The average molecular weight is 268 g/mol. The molecule has 1 aliphatic rings. The van der Waals surface area contributed by atoms with Crippen LogP contribution in [0.1, 0.15) is 41.5 Å². The van der Waals surface area contributed by atoms with Crippen molar-refractivity contribution in [1.29, 1.82) is 0 Å². The monoisotopic (exact) mass is 268 g/mol. The van der Waals surface area contributed by atoms with Gasteiger partial charge in [-0.2, -0.15) is 0 Å². The molecule has 0 saturated carbocycles. The van der Waals surface area contributed by atoms with Gasteiger partial charge >= 0.3 is 7.12 Å². The van der Waals surface area contributed by atoms with Crippen molar-refractivity contribution in [2.24, 2.45) is 10.7 Å². The van der Waals surface area contributed by atoms with Gasteiger partial charge in [-0.1, -0.05) is 0 Å². The summed E-state index contributed by atoms with van der Waals surface area (Å²) in [4.78, 5) is 4.17. The molecule has 0 atom stereocenters. The molecule has 0 aromatic carbocycles. The molecule has 0 amide bonds. The van der Waals surface area contributed by atoms with Gasteiger partial charge in [0.15, 0.2) is 0 Å². The number of hydrogen-bond donors (Lipinski definition) is 2. The maximum absolute atomic E-state index is 9.61. The van der Waals surface area contributed by atoms with Gasteiger partial charge in [-0.25, -0.2) is 0 Å². The Morgan fingerprint density at radius 1 is 1.26 bits per heavy atom. The second-order valence-corrected chi connectivity index (χ2v) is 6.54. The summed E-state index contributed by atoms with van der Waals surface area (Å²) in [6, 6.07) is 0. The Morgan fingerprint density at radius 2 is 1.74 bits per heavy atom. The quantitative estimate of drug-likeness (QED) is 0.595. The predicted molar refractivity (Wildman–Crippen MR) is 78.0 cm³/mol. The van der Waals surface area contributed by atoms with Crippen molar-refractivity contribution in [1.82, 2.24) is 0 Å². The Morgan fingerprint density at radius 3 is 2.11 bits per heavy atom. The first-order chi connectivity index (χ1) is 8.48. The first-order valence-corrected chi connectivity index (χ1v) is 6.48. The zero-order chi connectivity index (χ0) is 14.9. The average Bonchev–Trinajstić information content (AvgIpc) is 2.41. The minimum Gasteiger partial charge on any atom is -0.405 e. The molecule has 6 heteroatoms. The van der Waals surface area contributed by atoms with Crippen molar-refractivity contribution in [2.75, 3.05) is 6.54 Å². The highest BCUT2D eigenvalue weighted by Crippen LogP contribution is 2.38. The molecule has 0 unspecified atom stereocenters. The molecule has 5 nitrogen and oxygen atoms in total. The minimum absolute atomic E-state index is 0.295. The van der Waals surface area contributed by atoms with Crippen molar-refractivity contribution >= 4 is 13.3 Å². The van der Waals surface area contributed by atoms with Gasteiger partial charge < -0.3 is 20.1 Å². The first-order valence-electron chi connectivity index (χ1n) is 6.48. The maximum Gasteiger partial charge on any atom is 0.497 e. The van der Waals surface area contributed by atoms with Crippen LogP contribution < -0.4 is 5.73 Å². The number of aliphatic hydroxyl groups is 1. The van der Waals surface area contributed by atoms with Crippen LogP contribution in [0.3, 0.4) is 0 Å². The van der Waals surface area contributed by atoms with Crippen molar-refractivity contribution in [3.63, 3.8) is 0 Å². The van der Waals surface area contributed by atoms with E-state index in [0.29, 0.717) is 12.0 Å². The van der Waals surface area contributed by atoms with E-state index in [-0.39, 0.29) is 0 Å². The molecule has 0 spiro atoms. The molecule has 19 heavy (non-hydrogen) atoms. The molecule has 108 valence electrons. The van der Waals surface area contributed by atoms with Gasteiger partial charge in [0.05, 0.1) is 23.3 Å². The van der Waals surface area contributed by atoms with E-state index in [4.69, 9.17) is 15.0 Å². The number of nitrogens with two attached hydrogens (primary N) is 1. The number of rotatable bonds is 4. The zero-order valence-electron chi connectivity index (χ0n) is 12.7. The Labute approximate surface area is 116 Å². The van der Waals surface area contributed by atoms with Gasteiger partial charge in [0, 0.05) is 11.7 Å². The van der Waals surface area contributed by atoms with Crippen LogP contribution in [0.25, 0.3) is 0 Å². The Bertz CT molecular complexity index is 368. The second-order valence-electron chi connectivity index (χ2n) is 6.54. The number of hydrogen-bond acceptors (Lipinski definition) is 5. The van der Waals surface area contributed by atoms with Gasteiger partial charge in [-0.3, -0.25) is 4.99 Å². The molecule has 1 saturated heterocycles. The minimum atomic E-state index is -0.841. The Balaban J connectivity index is 2.75. The van der Waals surface area contributed by atoms with E-state index in [0.717, 1.165) is 0 Å². The van der Waals surface area contributed by atoms with Crippen molar-refractivity contribution < 1.29 is 14.4 Å². The molecule has 1 heterocycles. The van der Waals surface area contributed by atoms with Crippen LogP contribution in [-0.4, -0.2) is 41.8 Å². The third-order valence-electron chi connectivity index (χ3n) is 3.44. The van der Waals surface area contributed by atoms with E-state index in [1.165, 1.54) is 6.20 Å². The molecule has 1 aliphatic heterocycles. The lowest BCUT2D eigenvalue weighted by Crippen LogP contribution is -2.41. The molecule has 0 radical (unpaired) electrons. The van der Waals surface area contributed by atoms with Gasteiger partial charge in [0.2, 0.25) is 0 Å². The summed E-state index contributed by atoms with van der Waals surface area (Å²) in [6.07, 6.45) is 3.02. The fourth-order valence-corrected chi connectivity index (χ4v) is 1.54. The lowest BCUT2D eigenvalue weighted by atomic mass is 9.79. The van der Waals surface area contributed by atoms with E-state index in [1.807, 2.05) is 27.7 Å². The van der Waals surface area contributed by atoms with Crippen LogP contribution in [-0.2, 0) is 9.31 Å². The molecule has 3 N–H and O–H groups in total. The molecular formula is C13H25BN2O3. The van der Waals surface area contributed by atoms with E-state index >= 15 is 0 Å². The number of allylic oxidation sites excluding steroid dienone is 1. The highest BCUT2D eigenvalue weighted by Gasteiger charge is 2.52. The van der Waals surface area contributed by atoms with Gasteiger partial charge in [0.1, 0.15) is 0 Å². The maximum atomic E-state index is 9.61. The summed E-state index contributed by atoms with van der Waals surface area (Å²) < 4.78 is 11.8. The third-order valence-corrected chi connectivity index (χ3v) is 3.44. The molecule has 0 aromatic rings. The smallest absolute Gasteiger partial charge is 0.405 e. The third kappa shape index (κ3) is 4.06. The Hall–Kier alpha value is -0.845. The van der Waals surface area contributed by atoms with Gasteiger partial charge in [-0.05, 0) is 47.7 Å². The summed E-state index contributed by atoms with van der Waals surface area (Å²) in [6.45, 7) is 11.6. The SMILES string of the molecule is CC(C)(O)CN=CC(=CN)B1OC(C)(C)C(C)(C)O1. The first kappa shape index (κ1) is 16.2. The fourth-order valence-electron chi connectivity index (χ4n) is 1.54. The Kier molecular flexibility index (Phi) is 4.49. The number of aliphatic imine (C=N–C) groups is 1. The highest BCUT2D eigenvalue weighted by atomic mass is 16.7. The summed E-state index contributed by atoms with van der Waals surface area (Å²) in [5.41, 5.74) is 4.60. The van der Waals surface area contributed by atoms with Crippen LogP contribution in [0.5, 0.6) is 0 Å². The predicted octanol–water partition coefficient (Wildman–Crippen LogP) is 1.30. The fraction of sp³-hybridized carbons (Fsp3) is 0.769. The van der Waals surface area contributed by atoms with E-state index in [9.17, 15) is 5.11 Å². The highest BCUT2D eigenvalue weighted by molar-refractivity contribution is 6.60. The van der Waals surface area contributed by atoms with Crippen LogP contribution in [0.15, 0.2) is 16.7 Å². The zero-order valence-corrected chi connectivity index (χ0v) is 12.7. The van der Waals surface area contributed by atoms with Crippen LogP contribution in [0.4, 0.5) is 0 Å². The summed E-state index contributed by atoms with van der Waals surface area (Å²) in [7, 11) is -0.527. The summed E-state index contributed by atoms with van der Waals surface area (Å²) >= 11 is 0. The standard InChI is InChI=1S/C13H25BN2O3/c1-11(2,17)9-16-8-10(7-15)14-18-12(3,4)13(5,6)19-14/h7-8,17H,9,15H2,1-6H3. The lowest BCUT2D eigenvalue weighted by molar-refractivity contribution is 0.00578. The summed E-state index contributed by atoms with van der Waals surface area (Å²) in [5.74, 6) is 0. The normalized spacial score (nSPS) is 23.3. The largest absolute Gasteiger partial charge is 0.497 e. The van der Waals surface area contributed by atoms with Gasteiger partial charge in [0.25, 0.3) is 0 Å². The summed E-state index contributed by atoms with van der Waals surface area (Å²) in [5, 5.41) is 9.61. The van der Waals surface area contributed by atoms with Crippen LogP contribution in [0, 0.1) is 0 Å².